The van der Waals surface area contributed by atoms with Crippen LogP contribution in [0, 0.1) is 0 Å². The maximum Gasteiger partial charge on any atom is 0.244 e. The van der Waals surface area contributed by atoms with Gasteiger partial charge in [0.2, 0.25) is 21.8 Å². The molecule has 0 aliphatic heterocycles. The molecule has 2 amide bonds. The van der Waals surface area contributed by atoms with E-state index in [1.807, 2.05) is 0 Å². The van der Waals surface area contributed by atoms with Crippen LogP contribution in [0.1, 0.15) is 38.2 Å². The van der Waals surface area contributed by atoms with Gasteiger partial charge in [0, 0.05) is 23.7 Å². The first-order valence-corrected chi connectivity index (χ1v) is 14.3. The average molecular weight is 552 g/mol. The first-order valence-electron chi connectivity index (χ1n) is 12.1. The minimum Gasteiger partial charge on any atom is -0.497 e. The van der Waals surface area contributed by atoms with Gasteiger partial charge in [-0.3, -0.25) is 13.9 Å². The molecule has 0 bridgehead atoms. The Bertz CT molecular complexity index is 1220. The molecule has 1 fully saturated rings. The minimum absolute atomic E-state index is 0.0323. The normalized spacial score (nSPS) is 14.6. The Morgan fingerprint density at radius 3 is 2.38 bits per heavy atom. The number of anilines is 1. The summed E-state index contributed by atoms with van der Waals surface area (Å²) in [4.78, 5) is 28.3. The summed E-state index contributed by atoms with van der Waals surface area (Å²) < 4.78 is 37.3. The van der Waals surface area contributed by atoms with Gasteiger partial charge in [0.05, 0.1) is 26.2 Å². The monoisotopic (exact) mass is 551 g/mol. The fraction of sp³-hybridized carbons (Fsp3) is 0.462. The van der Waals surface area contributed by atoms with Crippen LogP contribution >= 0.6 is 11.6 Å². The van der Waals surface area contributed by atoms with Crippen LogP contribution in [-0.4, -0.2) is 64.2 Å². The molecule has 2 aromatic carbocycles. The van der Waals surface area contributed by atoms with E-state index in [2.05, 4.69) is 5.32 Å². The number of benzene rings is 2. The number of halogens is 1. The second-order valence-electron chi connectivity index (χ2n) is 9.09. The number of nitrogens with zero attached hydrogens (tertiary/aromatic N) is 2. The van der Waals surface area contributed by atoms with Gasteiger partial charge in [-0.15, -0.1) is 0 Å². The molecule has 0 radical (unpaired) electrons. The quantitative estimate of drug-likeness (QED) is 0.457. The molecule has 3 rings (SSSR count). The van der Waals surface area contributed by atoms with E-state index in [-0.39, 0.29) is 29.9 Å². The second-order valence-corrected chi connectivity index (χ2v) is 11.4. The lowest BCUT2D eigenvalue weighted by Gasteiger charge is -2.32. The van der Waals surface area contributed by atoms with Crippen LogP contribution in [0.3, 0.4) is 0 Å². The third kappa shape index (κ3) is 7.29. The zero-order chi connectivity index (χ0) is 27.2. The number of carbonyl (C=O) groups excluding carboxylic acids is 2. The maximum absolute atomic E-state index is 13.8. The third-order valence-electron chi connectivity index (χ3n) is 6.50. The molecule has 0 saturated heterocycles. The van der Waals surface area contributed by atoms with E-state index in [1.54, 1.807) is 43.3 Å². The molecule has 1 N–H and O–H groups in total. The van der Waals surface area contributed by atoms with Crippen molar-refractivity contribution in [2.24, 2.45) is 0 Å². The van der Waals surface area contributed by atoms with Gasteiger partial charge in [-0.05, 0) is 43.5 Å². The smallest absolute Gasteiger partial charge is 0.244 e. The van der Waals surface area contributed by atoms with Crippen LogP contribution in [0.15, 0.2) is 42.5 Å². The molecular formula is C26H34ClN3O6S. The average Bonchev–Trinajstić information content (AvgIpc) is 3.38. The number of nitrogens with one attached hydrogen (secondary N) is 1. The Morgan fingerprint density at radius 1 is 1.11 bits per heavy atom. The van der Waals surface area contributed by atoms with Crippen LogP contribution in [0.4, 0.5) is 5.69 Å². The van der Waals surface area contributed by atoms with Gasteiger partial charge in [-0.1, -0.05) is 42.6 Å². The molecule has 1 aliphatic carbocycles. The lowest BCUT2D eigenvalue weighted by Crippen LogP contribution is -2.52. The maximum atomic E-state index is 13.8. The molecule has 11 heteroatoms. The SMILES string of the molecule is COc1ccc(OC)c(N(CC(=O)N(Cc2ccccc2Cl)[C@H](C)C(=O)NC2CCCC2)S(C)(=O)=O)c1. The van der Waals surface area contributed by atoms with Crippen molar-refractivity contribution in [3.05, 3.63) is 53.1 Å². The van der Waals surface area contributed by atoms with Crippen molar-refractivity contribution in [2.45, 2.75) is 51.2 Å². The first-order chi connectivity index (χ1) is 17.5. The highest BCUT2D eigenvalue weighted by atomic mass is 35.5. The van der Waals surface area contributed by atoms with E-state index in [4.69, 9.17) is 21.1 Å². The summed E-state index contributed by atoms with van der Waals surface area (Å²) in [7, 11) is -1.06. The molecule has 1 aliphatic rings. The molecule has 9 nitrogen and oxygen atoms in total. The summed E-state index contributed by atoms with van der Waals surface area (Å²) in [6.07, 6.45) is 4.90. The predicted molar refractivity (Wildman–Crippen MR) is 144 cm³/mol. The van der Waals surface area contributed by atoms with Crippen LogP contribution in [0.5, 0.6) is 11.5 Å². The second kappa shape index (κ2) is 12.5. The van der Waals surface area contributed by atoms with Gasteiger partial charge in [0.25, 0.3) is 0 Å². The van der Waals surface area contributed by atoms with Gasteiger partial charge in [-0.2, -0.15) is 0 Å². The van der Waals surface area contributed by atoms with Crippen molar-refractivity contribution in [3.8, 4) is 11.5 Å². The number of hydrogen-bond acceptors (Lipinski definition) is 6. The van der Waals surface area contributed by atoms with Crippen molar-refractivity contribution in [1.82, 2.24) is 10.2 Å². The Morgan fingerprint density at radius 2 is 1.78 bits per heavy atom. The molecule has 1 atom stereocenters. The summed E-state index contributed by atoms with van der Waals surface area (Å²) in [6, 6.07) is 10.9. The zero-order valence-corrected chi connectivity index (χ0v) is 23.1. The van der Waals surface area contributed by atoms with Crippen LogP contribution < -0.4 is 19.1 Å². The van der Waals surface area contributed by atoms with Gasteiger partial charge in [-0.25, -0.2) is 8.42 Å². The fourth-order valence-corrected chi connectivity index (χ4v) is 5.41. The molecular weight excluding hydrogens is 518 g/mol. The van der Waals surface area contributed by atoms with Crippen LogP contribution in [-0.2, 0) is 26.2 Å². The van der Waals surface area contributed by atoms with E-state index in [1.165, 1.54) is 25.2 Å². The van der Waals surface area contributed by atoms with E-state index >= 15 is 0 Å². The van der Waals surface area contributed by atoms with Crippen LogP contribution in [0.2, 0.25) is 5.02 Å². The Kier molecular flexibility index (Phi) is 9.67. The highest BCUT2D eigenvalue weighted by Gasteiger charge is 2.32. The van der Waals surface area contributed by atoms with E-state index in [0.717, 1.165) is 36.2 Å². The van der Waals surface area contributed by atoms with Crippen molar-refractivity contribution in [3.63, 3.8) is 0 Å². The molecule has 0 heterocycles. The first kappa shape index (κ1) is 28.6. The third-order valence-corrected chi connectivity index (χ3v) is 8.00. The summed E-state index contributed by atoms with van der Waals surface area (Å²) in [5.74, 6) is -0.209. The van der Waals surface area contributed by atoms with Crippen molar-refractivity contribution in [1.29, 1.82) is 0 Å². The zero-order valence-electron chi connectivity index (χ0n) is 21.6. The summed E-state index contributed by atoms with van der Waals surface area (Å²) in [5, 5.41) is 3.47. The fourth-order valence-electron chi connectivity index (χ4n) is 4.37. The van der Waals surface area contributed by atoms with Gasteiger partial charge < -0.3 is 19.7 Å². The van der Waals surface area contributed by atoms with Gasteiger partial charge in [0.15, 0.2) is 0 Å². The molecule has 0 unspecified atom stereocenters. The number of amides is 2. The minimum atomic E-state index is -3.93. The number of carbonyl (C=O) groups is 2. The molecule has 37 heavy (non-hydrogen) atoms. The van der Waals surface area contributed by atoms with Crippen molar-refractivity contribution in [2.75, 3.05) is 31.3 Å². The number of rotatable bonds is 11. The molecule has 0 spiro atoms. The standard InChI is InChI=1S/C26H34ClN3O6S/c1-18(26(32)28-20-10-6-7-11-20)29(16-19-9-5-8-12-22(19)27)25(31)17-30(37(4,33)34)23-15-21(35-2)13-14-24(23)36-3/h5,8-9,12-15,18,20H,6-7,10-11,16-17H2,1-4H3,(H,28,32)/t18-/m1/s1. The molecule has 202 valence electrons. The summed E-state index contributed by atoms with van der Waals surface area (Å²) in [5.41, 5.74) is 0.793. The van der Waals surface area contributed by atoms with Crippen molar-refractivity contribution < 1.29 is 27.5 Å². The summed E-state index contributed by atoms with van der Waals surface area (Å²) in [6.45, 7) is 1.12. The molecule has 0 aromatic heterocycles. The largest absolute Gasteiger partial charge is 0.497 e. The summed E-state index contributed by atoms with van der Waals surface area (Å²) >= 11 is 6.37. The highest BCUT2D eigenvalue weighted by molar-refractivity contribution is 7.92. The van der Waals surface area contributed by atoms with Gasteiger partial charge in [0.1, 0.15) is 24.1 Å². The highest BCUT2D eigenvalue weighted by Crippen LogP contribution is 2.34. The lowest BCUT2D eigenvalue weighted by atomic mass is 10.1. The van der Waals surface area contributed by atoms with E-state index in [0.29, 0.717) is 16.3 Å². The molecule has 1 saturated carbocycles. The number of hydrogen-bond donors (Lipinski definition) is 1. The number of sulfonamides is 1. The van der Waals surface area contributed by atoms with E-state index < -0.39 is 28.5 Å². The van der Waals surface area contributed by atoms with Crippen LogP contribution in [0.25, 0.3) is 0 Å². The van der Waals surface area contributed by atoms with Crippen molar-refractivity contribution >= 4 is 39.1 Å². The Labute approximate surface area is 223 Å². The lowest BCUT2D eigenvalue weighted by molar-refractivity contribution is -0.139. The number of methoxy groups -OCH3 is 2. The molecule has 2 aromatic rings. The van der Waals surface area contributed by atoms with Gasteiger partial charge >= 0.3 is 0 Å². The number of ether oxygens (including phenoxy) is 2. The Hall–Kier alpha value is -2.98. The van der Waals surface area contributed by atoms with E-state index in [9.17, 15) is 18.0 Å². The Balaban J connectivity index is 1.95. The predicted octanol–water partition coefficient (Wildman–Crippen LogP) is 3.60. The topological polar surface area (TPSA) is 105 Å².